The van der Waals surface area contributed by atoms with Gasteiger partial charge in [0.25, 0.3) is 5.91 Å². The van der Waals surface area contributed by atoms with E-state index < -0.39 is 0 Å². The lowest BCUT2D eigenvalue weighted by Gasteiger charge is -2.07. The number of nitrogens with one attached hydrogen (secondary N) is 2. The largest absolute Gasteiger partial charge is 0.361 e. The third kappa shape index (κ3) is 3.19. The molecule has 0 bridgehead atoms. The Morgan fingerprint density at radius 2 is 1.72 bits per heavy atom. The van der Waals surface area contributed by atoms with Gasteiger partial charge in [0.05, 0.1) is 0 Å². The Morgan fingerprint density at radius 3 is 2.52 bits per heavy atom. The normalized spacial score (nSPS) is 10.9. The van der Waals surface area contributed by atoms with Gasteiger partial charge in [0.15, 0.2) is 0 Å². The number of para-hydroxylation sites is 1. The summed E-state index contributed by atoms with van der Waals surface area (Å²) in [5.41, 5.74) is 4.07. The maximum Gasteiger partial charge on any atom is 0.251 e. The van der Waals surface area contributed by atoms with Crippen molar-refractivity contribution in [3.63, 3.8) is 0 Å². The van der Waals surface area contributed by atoms with E-state index in [-0.39, 0.29) is 5.91 Å². The van der Waals surface area contributed by atoms with Crippen molar-refractivity contribution in [1.29, 1.82) is 0 Å². The van der Waals surface area contributed by atoms with Gasteiger partial charge in [-0.25, -0.2) is 0 Å². The second-order valence-corrected chi connectivity index (χ2v) is 6.00. The Kier molecular flexibility index (Phi) is 4.09. The predicted octanol–water partition coefficient (Wildman–Crippen LogP) is 3.93. The first kappa shape index (κ1) is 15.3. The average molecular weight is 329 g/mol. The van der Waals surface area contributed by atoms with Gasteiger partial charge in [0.1, 0.15) is 0 Å². The smallest absolute Gasteiger partial charge is 0.251 e. The summed E-state index contributed by atoms with van der Waals surface area (Å²) < 4.78 is 2.01. The number of hydrogen-bond acceptors (Lipinski definition) is 1. The highest BCUT2D eigenvalue weighted by molar-refractivity contribution is 5.94. The number of carbonyl (C=O) groups excluding carboxylic acids is 1. The van der Waals surface area contributed by atoms with E-state index >= 15 is 0 Å². The average Bonchev–Trinajstić information content (AvgIpc) is 3.32. The zero-order valence-electron chi connectivity index (χ0n) is 13.8. The molecule has 0 aliphatic heterocycles. The monoisotopic (exact) mass is 329 g/mol. The van der Waals surface area contributed by atoms with Gasteiger partial charge < -0.3 is 14.9 Å². The number of carbonyl (C=O) groups is 1. The van der Waals surface area contributed by atoms with Gasteiger partial charge in [-0.05, 0) is 54.4 Å². The molecule has 0 saturated carbocycles. The second kappa shape index (κ2) is 6.69. The lowest BCUT2D eigenvalue weighted by Crippen LogP contribution is -2.25. The quantitative estimate of drug-likeness (QED) is 0.573. The van der Waals surface area contributed by atoms with Crippen LogP contribution >= 0.6 is 0 Å². The third-order valence-corrected chi connectivity index (χ3v) is 4.39. The first-order chi connectivity index (χ1) is 12.3. The van der Waals surface area contributed by atoms with Crippen LogP contribution < -0.4 is 5.32 Å². The molecule has 2 heterocycles. The van der Waals surface area contributed by atoms with E-state index in [0.717, 1.165) is 17.6 Å². The third-order valence-electron chi connectivity index (χ3n) is 4.39. The number of aromatic nitrogens is 2. The van der Waals surface area contributed by atoms with Gasteiger partial charge in [0, 0.05) is 47.3 Å². The highest BCUT2D eigenvalue weighted by atomic mass is 16.1. The lowest BCUT2D eigenvalue weighted by molar-refractivity contribution is 0.0954. The van der Waals surface area contributed by atoms with E-state index in [0.29, 0.717) is 12.1 Å². The number of hydrogen-bond donors (Lipinski definition) is 2. The fourth-order valence-electron chi connectivity index (χ4n) is 3.04. The van der Waals surface area contributed by atoms with Crippen LogP contribution in [0.2, 0.25) is 0 Å². The zero-order valence-corrected chi connectivity index (χ0v) is 13.8. The minimum Gasteiger partial charge on any atom is -0.361 e. The molecule has 1 amide bonds. The summed E-state index contributed by atoms with van der Waals surface area (Å²) in [4.78, 5) is 15.6. The Morgan fingerprint density at radius 1 is 0.960 bits per heavy atom. The van der Waals surface area contributed by atoms with Crippen LogP contribution in [-0.4, -0.2) is 22.0 Å². The van der Waals surface area contributed by atoms with E-state index in [2.05, 4.69) is 22.4 Å². The number of benzene rings is 2. The van der Waals surface area contributed by atoms with Crippen LogP contribution in [-0.2, 0) is 6.42 Å². The summed E-state index contributed by atoms with van der Waals surface area (Å²) >= 11 is 0. The molecule has 0 fully saturated rings. The first-order valence-corrected chi connectivity index (χ1v) is 8.38. The second-order valence-electron chi connectivity index (χ2n) is 6.00. The van der Waals surface area contributed by atoms with Crippen LogP contribution in [0.4, 0.5) is 0 Å². The molecular weight excluding hydrogens is 310 g/mol. The highest BCUT2D eigenvalue weighted by Crippen LogP contribution is 2.17. The Balaban J connectivity index is 1.37. The van der Waals surface area contributed by atoms with Crippen molar-refractivity contribution < 1.29 is 4.79 Å². The number of rotatable bonds is 5. The number of H-pyrrole nitrogens is 1. The maximum atomic E-state index is 12.3. The molecule has 2 aromatic carbocycles. The lowest BCUT2D eigenvalue weighted by atomic mass is 10.1. The van der Waals surface area contributed by atoms with E-state index in [4.69, 9.17) is 0 Å². The molecule has 0 aliphatic rings. The molecule has 4 heteroatoms. The summed E-state index contributed by atoms with van der Waals surface area (Å²) in [5.74, 6) is -0.0427. The Bertz CT molecular complexity index is 982. The molecule has 4 rings (SSSR count). The van der Waals surface area contributed by atoms with Crippen LogP contribution in [0.15, 0.2) is 79.3 Å². The molecule has 0 atom stereocenters. The van der Waals surface area contributed by atoms with E-state index in [1.54, 1.807) is 0 Å². The molecular formula is C21H19N3O. The van der Waals surface area contributed by atoms with Gasteiger partial charge in [-0.15, -0.1) is 0 Å². The van der Waals surface area contributed by atoms with Crippen molar-refractivity contribution in [2.75, 3.05) is 6.54 Å². The van der Waals surface area contributed by atoms with Crippen molar-refractivity contribution in [3.8, 4) is 5.69 Å². The van der Waals surface area contributed by atoms with Gasteiger partial charge in [-0.3, -0.25) is 4.79 Å². The highest BCUT2D eigenvalue weighted by Gasteiger charge is 2.07. The molecule has 4 nitrogen and oxygen atoms in total. The van der Waals surface area contributed by atoms with Crippen molar-refractivity contribution in [2.45, 2.75) is 6.42 Å². The maximum absolute atomic E-state index is 12.3. The van der Waals surface area contributed by atoms with Crippen molar-refractivity contribution in [3.05, 3.63) is 90.4 Å². The van der Waals surface area contributed by atoms with E-state index in [9.17, 15) is 4.79 Å². The number of amides is 1. The Hall–Kier alpha value is -3.27. The molecule has 25 heavy (non-hydrogen) atoms. The van der Waals surface area contributed by atoms with Crippen LogP contribution in [0.5, 0.6) is 0 Å². The van der Waals surface area contributed by atoms with Crippen molar-refractivity contribution in [2.24, 2.45) is 0 Å². The fraction of sp³-hybridized carbons (Fsp3) is 0.0952. The molecule has 0 saturated heterocycles. The Labute approximate surface area is 146 Å². The minimum absolute atomic E-state index is 0.0427. The van der Waals surface area contributed by atoms with Crippen LogP contribution in [0.1, 0.15) is 15.9 Å². The minimum atomic E-state index is -0.0427. The fourth-order valence-corrected chi connectivity index (χ4v) is 3.04. The molecule has 124 valence electrons. The number of nitrogens with zero attached hydrogens (tertiary/aromatic N) is 1. The summed E-state index contributed by atoms with van der Waals surface area (Å²) in [6.07, 6.45) is 6.78. The molecule has 0 unspecified atom stereocenters. The number of aromatic amines is 1. The SMILES string of the molecule is O=C(NCCc1c[nH]c2ccccc12)c1ccc(-n2cccc2)cc1. The predicted molar refractivity (Wildman–Crippen MR) is 100 cm³/mol. The van der Waals surface area contributed by atoms with Gasteiger partial charge >= 0.3 is 0 Å². The van der Waals surface area contributed by atoms with E-state index in [1.807, 2.05) is 71.7 Å². The zero-order chi connectivity index (χ0) is 17.1. The molecule has 0 radical (unpaired) electrons. The summed E-state index contributed by atoms with van der Waals surface area (Å²) in [6.45, 7) is 0.611. The topological polar surface area (TPSA) is 49.8 Å². The van der Waals surface area contributed by atoms with Crippen LogP contribution in [0.25, 0.3) is 16.6 Å². The summed E-state index contributed by atoms with van der Waals surface area (Å²) in [6, 6.07) is 19.8. The van der Waals surface area contributed by atoms with Gasteiger partial charge in [0.2, 0.25) is 0 Å². The van der Waals surface area contributed by atoms with Gasteiger partial charge in [-0.1, -0.05) is 18.2 Å². The summed E-state index contributed by atoms with van der Waals surface area (Å²) in [5, 5.41) is 4.21. The van der Waals surface area contributed by atoms with E-state index in [1.165, 1.54) is 10.9 Å². The first-order valence-electron chi connectivity index (χ1n) is 8.38. The van der Waals surface area contributed by atoms with Crippen LogP contribution in [0, 0.1) is 0 Å². The summed E-state index contributed by atoms with van der Waals surface area (Å²) in [7, 11) is 0. The standard InChI is InChI=1S/C21H19N3O/c25-21(16-7-9-18(10-8-16)24-13-3-4-14-24)22-12-11-17-15-23-20-6-2-1-5-19(17)20/h1-10,13-15,23H,11-12H2,(H,22,25). The molecule has 0 spiro atoms. The molecule has 2 aromatic heterocycles. The van der Waals surface area contributed by atoms with Crippen molar-refractivity contribution >= 4 is 16.8 Å². The van der Waals surface area contributed by atoms with Gasteiger partial charge in [-0.2, -0.15) is 0 Å². The molecule has 2 N–H and O–H groups in total. The molecule has 0 aliphatic carbocycles. The van der Waals surface area contributed by atoms with Crippen molar-refractivity contribution in [1.82, 2.24) is 14.9 Å². The number of fused-ring (bicyclic) bond motifs is 1. The van der Waals surface area contributed by atoms with Crippen LogP contribution in [0.3, 0.4) is 0 Å². The molecule has 4 aromatic rings.